The molecule has 1 aromatic heterocycles. The number of aromatic nitrogens is 3. The minimum atomic E-state index is 0.482. The molecule has 1 heterocycles. The van der Waals surface area contributed by atoms with Gasteiger partial charge in [0.05, 0.1) is 6.04 Å². The van der Waals surface area contributed by atoms with Crippen molar-refractivity contribution in [1.29, 1.82) is 0 Å². The summed E-state index contributed by atoms with van der Waals surface area (Å²) in [5.74, 6) is 2.30. The number of hydrogen-bond acceptors (Lipinski definition) is 3. The summed E-state index contributed by atoms with van der Waals surface area (Å²) in [6, 6.07) is 8.23. The van der Waals surface area contributed by atoms with Crippen molar-refractivity contribution in [2.75, 3.05) is 5.73 Å². The van der Waals surface area contributed by atoms with E-state index in [1.54, 1.807) is 0 Å². The highest BCUT2D eigenvalue weighted by Gasteiger charge is 2.26. The van der Waals surface area contributed by atoms with Crippen molar-refractivity contribution < 1.29 is 0 Å². The second-order valence-electron chi connectivity index (χ2n) is 6.24. The molecule has 2 atom stereocenters. The molecule has 2 unspecified atom stereocenters. The first-order chi connectivity index (χ1) is 9.61. The van der Waals surface area contributed by atoms with Crippen molar-refractivity contribution in [3.8, 4) is 11.4 Å². The van der Waals surface area contributed by atoms with Gasteiger partial charge in [-0.3, -0.25) is 0 Å². The average Bonchev–Trinajstić information content (AvgIpc) is 2.87. The molecule has 1 aliphatic carbocycles. The number of nitrogen functional groups attached to an aromatic ring is 1. The molecule has 1 saturated carbocycles. The van der Waals surface area contributed by atoms with E-state index < -0.39 is 0 Å². The first kappa shape index (κ1) is 13.2. The Bertz CT molecular complexity index is 580. The smallest absolute Gasteiger partial charge is 0.181 e. The van der Waals surface area contributed by atoms with Crippen LogP contribution in [-0.2, 0) is 0 Å². The van der Waals surface area contributed by atoms with Gasteiger partial charge in [-0.2, -0.15) is 5.10 Å². The summed E-state index contributed by atoms with van der Waals surface area (Å²) in [5, 5.41) is 4.66. The van der Waals surface area contributed by atoms with Gasteiger partial charge in [0.1, 0.15) is 6.33 Å². The van der Waals surface area contributed by atoms with Crippen LogP contribution in [0, 0.1) is 11.8 Å². The van der Waals surface area contributed by atoms with Crippen LogP contribution in [0.25, 0.3) is 11.4 Å². The summed E-state index contributed by atoms with van der Waals surface area (Å²) in [5.41, 5.74) is 7.56. The molecule has 4 nitrogen and oxygen atoms in total. The Morgan fingerprint density at radius 2 is 1.90 bits per heavy atom. The molecule has 0 aliphatic heterocycles. The quantitative estimate of drug-likeness (QED) is 0.849. The second-order valence-corrected chi connectivity index (χ2v) is 6.24. The Morgan fingerprint density at radius 3 is 2.60 bits per heavy atom. The number of nitrogens with zero attached hydrogens (tertiary/aromatic N) is 3. The van der Waals surface area contributed by atoms with Gasteiger partial charge < -0.3 is 5.73 Å². The van der Waals surface area contributed by atoms with Crippen LogP contribution in [-0.4, -0.2) is 14.8 Å². The molecule has 4 heteroatoms. The highest BCUT2D eigenvalue weighted by atomic mass is 15.3. The average molecular weight is 270 g/mol. The van der Waals surface area contributed by atoms with E-state index in [0.29, 0.717) is 6.04 Å². The Kier molecular flexibility index (Phi) is 3.47. The van der Waals surface area contributed by atoms with Crippen molar-refractivity contribution in [2.45, 2.75) is 39.2 Å². The van der Waals surface area contributed by atoms with Crippen LogP contribution in [0.2, 0.25) is 0 Å². The maximum absolute atomic E-state index is 5.82. The zero-order valence-corrected chi connectivity index (χ0v) is 12.2. The maximum atomic E-state index is 5.82. The molecule has 0 spiro atoms. The van der Waals surface area contributed by atoms with E-state index in [4.69, 9.17) is 5.73 Å². The van der Waals surface area contributed by atoms with E-state index in [2.05, 4.69) is 23.9 Å². The van der Waals surface area contributed by atoms with E-state index in [0.717, 1.165) is 28.9 Å². The van der Waals surface area contributed by atoms with Crippen LogP contribution >= 0.6 is 0 Å². The molecule has 1 aliphatic rings. The van der Waals surface area contributed by atoms with Gasteiger partial charge in [0.2, 0.25) is 0 Å². The lowest BCUT2D eigenvalue weighted by molar-refractivity contribution is 0.210. The Labute approximate surface area is 120 Å². The summed E-state index contributed by atoms with van der Waals surface area (Å²) in [4.78, 5) is 4.45. The summed E-state index contributed by atoms with van der Waals surface area (Å²) in [6.45, 7) is 4.66. The first-order valence-corrected chi connectivity index (χ1v) is 7.39. The number of anilines is 1. The normalized spacial score (nSPS) is 26.6. The summed E-state index contributed by atoms with van der Waals surface area (Å²) in [6.07, 6.45) is 5.59. The van der Waals surface area contributed by atoms with Crippen LogP contribution in [0.5, 0.6) is 0 Å². The Morgan fingerprint density at radius 1 is 1.15 bits per heavy atom. The largest absolute Gasteiger partial charge is 0.399 e. The van der Waals surface area contributed by atoms with Crippen molar-refractivity contribution >= 4 is 5.69 Å². The van der Waals surface area contributed by atoms with Gasteiger partial charge in [-0.25, -0.2) is 9.67 Å². The maximum Gasteiger partial charge on any atom is 0.181 e. The number of nitrogens with two attached hydrogens (primary N) is 1. The second kappa shape index (κ2) is 5.27. The van der Waals surface area contributed by atoms with E-state index in [1.165, 1.54) is 19.3 Å². The van der Waals surface area contributed by atoms with Gasteiger partial charge in [-0.15, -0.1) is 0 Å². The van der Waals surface area contributed by atoms with Gasteiger partial charge in [0, 0.05) is 11.3 Å². The first-order valence-electron chi connectivity index (χ1n) is 7.39. The fraction of sp³-hybridized carbons (Fsp3) is 0.500. The standard InChI is InChI=1S/C16H22N4/c1-11-6-12(2)8-15(7-11)20-10-18-16(19-20)13-4-3-5-14(17)9-13/h3-5,9-12,15H,6-8,17H2,1-2H3. The van der Waals surface area contributed by atoms with Crippen LogP contribution < -0.4 is 5.73 Å². The highest BCUT2D eigenvalue weighted by molar-refractivity contribution is 5.60. The molecule has 106 valence electrons. The Hall–Kier alpha value is -1.84. The van der Waals surface area contributed by atoms with Gasteiger partial charge >= 0.3 is 0 Å². The molecular weight excluding hydrogens is 248 g/mol. The lowest BCUT2D eigenvalue weighted by Crippen LogP contribution is -2.23. The molecule has 2 N–H and O–H groups in total. The van der Waals surface area contributed by atoms with E-state index in [9.17, 15) is 0 Å². The third-order valence-corrected chi connectivity index (χ3v) is 4.18. The van der Waals surface area contributed by atoms with E-state index in [1.807, 2.05) is 35.3 Å². The summed E-state index contributed by atoms with van der Waals surface area (Å²) >= 11 is 0. The number of benzene rings is 1. The fourth-order valence-corrected chi connectivity index (χ4v) is 3.38. The summed E-state index contributed by atoms with van der Waals surface area (Å²) in [7, 11) is 0. The molecule has 0 amide bonds. The molecule has 1 aromatic carbocycles. The third kappa shape index (κ3) is 2.69. The van der Waals surface area contributed by atoms with Gasteiger partial charge in [-0.1, -0.05) is 26.0 Å². The van der Waals surface area contributed by atoms with Crippen molar-refractivity contribution in [1.82, 2.24) is 14.8 Å². The van der Waals surface area contributed by atoms with E-state index in [-0.39, 0.29) is 0 Å². The van der Waals surface area contributed by atoms with Crippen LogP contribution in [0.15, 0.2) is 30.6 Å². The molecule has 0 bridgehead atoms. The minimum Gasteiger partial charge on any atom is -0.399 e. The SMILES string of the molecule is CC1CC(C)CC(n2cnc(-c3cccc(N)c3)n2)C1. The monoisotopic (exact) mass is 270 g/mol. The molecule has 3 rings (SSSR count). The predicted molar refractivity (Wildman–Crippen MR) is 81.1 cm³/mol. The Balaban J connectivity index is 1.83. The number of rotatable bonds is 2. The van der Waals surface area contributed by atoms with Gasteiger partial charge in [0.15, 0.2) is 5.82 Å². The fourth-order valence-electron chi connectivity index (χ4n) is 3.38. The lowest BCUT2D eigenvalue weighted by atomic mass is 9.80. The van der Waals surface area contributed by atoms with Gasteiger partial charge in [0.25, 0.3) is 0 Å². The molecule has 2 aromatic rings. The topological polar surface area (TPSA) is 56.7 Å². The number of hydrogen-bond donors (Lipinski definition) is 1. The molecule has 0 saturated heterocycles. The predicted octanol–water partition coefficient (Wildman–Crippen LogP) is 3.52. The molecule has 20 heavy (non-hydrogen) atoms. The van der Waals surface area contributed by atoms with Crippen molar-refractivity contribution in [2.24, 2.45) is 11.8 Å². The van der Waals surface area contributed by atoms with Crippen molar-refractivity contribution in [3.63, 3.8) is 0 Å². The van der Waals surface area contributed by atoms with E-state index >= 15 is 0 Å². The van der Waals surface area contributed by atoms with Crippen LogP contribution in [0.4, 0.5) is 5.69 Å². The lowest BCUT2D eigenvalue weighted by Gasteiger charge is -2.31. The third-order valence-electron chi connectivity index (χ3n) is 4.18. The molecular formula is C16H22N4. The van der Waals surface area contributed by atoms with Crippen LogP contribution in [0.1, 0.15) is 39.2 Å². The van der Waals surface area contributed by atoms with Gasteiger partial charge in [-0.05, 0) is 43.2 Å². The zero-order chi connectivity index (χ0) is 14.1. The minimum absolute atomic E-state index is 0.482. The molecule has 0 radical (unpaired) electrons. The van der Waals surface area contributed by atoms with Crippen LogP contribution in [0.3, 0.4) is 0 Å². The summed E-state index contributed by atoms with van der Waals surface area (Å²) < 4.78 is 2.05. The highest BCUT2D eigenvalue weighted by Crippen LogP contribution is 2.35. The molecule has 1 fully saturated rings. The van der Waals surface area contributed by atoms with Crippen molar-refractivity contribution in [3.05, 3.63) is 30.6 Å². The zero-order valence-electron chi connectivity index (χ0n) is 12.2.